The van der Waals surface area contributed by atoms with Crippen molar-refractivity contribution in [2.75, 3.05) is 10.6 Å². The topological polar surface area (TPSA) is 49.8 Å². The molecular weight excluding hydrogens is 310 g/mol. The molecule has 6 heteroatoms. The van der Waals surface area contributed by atoms with Crippen LogP contribution in [0, 0.1) is 11.6 Å². The van der Waals surface area contributed by atoms with Crippen molar-refractivity contribution in [1.29, 1.82) is 0 Å². The first-order chi connectivity index (χ1) is 11.7. The monoisotopic (exact) mass is 326 g/mol. The van der Waals surface area contributed by atoms with Crippen LogP contribution in [-0.2, 0) is 6.42 Å². The molecule has 0 radical (unpaired) electrons. The van der Waals surface area contributed by atoms with Gasteiger partial charge in [-0.1, -0.05) is 25.1 Å². The van der Waals surface area contributed by atoms with Gasteiger partial charge in [0.1, 0.15) is 29.6 Å². The van der Waals surface area contributed by atoms with Gasteiger partial charge in [-0.25, -0.2) is 18.7 Å². The minimum absolute atomic E-state index is 0.148. The second-order valence-corrected chi connectivity index (χ2v) is 5.17. The van der Waals surface area contributed by atoms with Crippen molar-refractivity contribution in [3.8, 4) is 0 Å². The maximum Gasteiger partial charge on any atom is 0.149 e. The highest BCUT2D eigenvalue weighted by atomic mass is 19.1. The molecule has 1 heterocycles. The minimum Gasteiger partial charge on any atom is -0.340 e. The molecule has 0 spiro atoms. The Bertz CT molecular complexity index is 852. The molecule has 0 unspecified atom stereocenters. The van der Waals surface area contributed by atoms with Gasteiger partial charge in [-0.15, -0.1) is 0 Å². The quantitative estimate of drug-likeness (QED) is 0.707. The van der Waals surface area contributed by atoms with E-state index in [9.17, 15) is 8.78 Å². The summed E-state index contributed by atoms with van der Waals surface area (Å²) in [6.45, 7) is 2.07. The summed E-state index contributed by atoms with van der Waals surface area (Å²) in [5, 5.41) is 6.05. The summed E-state index contributed by atoms with van der Waals surface area (Å²) in [5.41, 5.74) is 2.27. The van der Waals surface area contributed by atoms with Gasteiger partial charge in [0.25, 0.3) is 0 Å². The number of nitrogens with one attached hydrogen (secondary N) is 2. The van der Waals surface area contributed by atoms with Gasteiger partial charge < -0.3 is 10.6 Å². The summed E-state index contributed by atoms with van der Waals surface area (Å²) in [5.74, 6) is -0.318. The van der Waals surface area contributed by atoms with Crippen molar-refractivity contribution >= 4 is 23.0 Å². The van der Waals surface area contributed by atoms with E-state index in [0.29, 0.717) is 11.6 Å². The molecule has 0 bridgehead atoms. The maximum atomic E-state index is 13.7. The van der Waals surface area contributed by atoms with Crippen molar-refractivity contribution in [1.82, 2.24) is 9.97 Å². The van der Waals surface area contributed by atoms with E-state index in [0.717, 1.165) is 23.7 Å². The Morgan fingerprint density at radius 1 is 0.875 bits per heavy atom. The first-order valence-corrected chi connectivity index (χ1v) is 7.54. The summed E-state index contributed by atoms with van der Waals surface area (Å²) in [4.78, 5) is 8.23. The summed E-state index contributed by atoms with van der Waals surface area (Å²) in [6.07, 6.45) is 2.26. The van der Waals surface area contributed by atoms with Crippen molar-refractivity contribution in [2.24, 2.45) is 0 Å². The van der Waals surface area contributed by atoms with Crippen LogP contribution in [0.15, 0.2) is 54.9 Å². The van der Waals surface area contributed by atoms with Crippen LogP contribution >= 0.6 is 0 Å². The molecule has 3 aromatic rings. The van der Waals surface area contributed by atoms with Crippen LogP contribution in [0.25, 0.3) is 0 Å². The number of hydrogen-bond acceptors (Lipinski definition) is 4. The highest BCUT2D eigenvalue weighted by Crippen LogP contribution is 2.23. The lowest BCUT2D eigenvalue weighted by Gasteiger charge is -2.11. The van der Waals surface area contributed by atoms with E-state index in [-0.39, 0.29) is 5.69 Å². The zero-order valence-corrected chi connectivity index (χ0v) is 13.1. The highest BCUT2D eigenvalue weighted by molar-refractivity contribution is 5.65. The fraction of sp³-hybridized carbons (Fsp3) is 0.111. The minimum atomic E-state index is -0.681. The molecule has 0 saturated carbocycles. The van der Waals surface area contributed by atoms with Crippen LogP contribution in [0.2, 0.25) is 0 Å². The van der Waals surface area contributed by atoms with E-state index in [1.54, 1.807) is 6.07 Å². The number of rotatable bonds is 5. The predicted molar refractivity (Wildman–Crippen MR) is 90.8 cm³/mol. The number of anilines is 4. The number of para-hydroxylation sites is 1. The van der Waals surface area contributed by atoms with Crippen LogP contribution < -0.4 is 10.6 Å². The summed E-state index contributed by atoms with van der Waals surface area (Å²) in [6, 6.07) is 12.9. The maximum absolute atomic E-state index is 13.7. The molecule has 1 aromatic heterocycles. The molecule has 0 aliphatic rings. The predicted octanol–water partition coefficient (Wildman–Crippen LogP) is 4.80. The molecule has 0 amide bonds. The summed E-state index contributed by atoms with van der Waals surface area (Å²) in [7, 11) is 0. The van der Waals surface area contributed by atoms with Gasteiger partial charge in [-0.05, 0) is 30.2 Å². The molecule has 0 saturated heterocycles. The Morgan fingerprint density at radius 2 is 1.58 bits per heavy atom. The van der Waals surface area contributed by atoms with E-state index >= 15 is 0 Å². The van der Waals surface area contributed by atoms with Crippen molar-refractivity contribution in [3.05, 3.63) is 72.1 Å². The summed E-state index contributed by atoms with van der Waals surface area (Å²) < 4.78 is 26.7. The zero-order valence-electron chi connectivity index (χ0n) is 13.1. The SMILES string of the molecule is CCc1ccccc1Nc1cc(Nc2ccc(F)cc2F)ncn1. The van der Waals surface area contributed by atoms with Gasteiger partial charge in [0.05, 0.1) is 5.69 Å². The molecule has 0 atom stereocenters. The molecule has 0 aliphatic carbocycles. The van der Waals surface area contributed by atoms with Crippen LogP contribution in [0.5, 0.6) is 0 Å². The Labute approximate surface area is 138 Å². The van der Waals surface area contributed by atoms with Crippen molar-refractivity contribution in [2.45, 2.75) is 13.3 Å². The third kappa shape index (κ3) is 3.65. The normalized spacial score (nSPS) is 10.5. The third-order valence-electron chi connectivity index (χ3n) is 3.52. The molecular formula is C18H16F2N4. The van der Waals surface area contributed by atoms with E-state index in [1.165, 1.54) is 18.5 Å². The average Bonchev–Trinajstić information content (AvgIpc) is 2.58. The Kier molecular flexibility index (Phi) is 4.65. The molecule has 24 heavy (non-hydrogen) atoms. The van der Waals surface area contributed by atoms with Crippen LogP contribution in [-0.4, -0.2) is 9.97 Å². The fourth-order valence-corrected chi connectivity index (χ4v) is 2.31. The van der Waals surface area contributed by atoms with Gasteiger partial charge in [0.2, 0.25) is 0 Å². The second-order valence-electron chi connectivity index (χ2n) is 5.17. The fourth-order valence-electron chi connectivity index (χ4n) is 2.31. The lowest BCUT2D eigenvalue weighted by atomic mass is 10.1. The third-order valence-corrected chi connectivity index (χ3v) is 3.52. The van der Waals surface area contributed by atoms with Crippen LogP contribution in [0.4, 0.5) is 31.8 Å². The first kappa shape index (κ1) is 15.9. The highest BCUT2D eigenvalue weighted by Gasteiger charge is 2.07. The molecule has 2 N–H and O–H groups in total. The van der Waals surface area contributed by atoms with Gasteiger partial charge in [-0.3, -0.25) is 0 Å². The van der Waals surface area contributed by atoms with E-state index in [2.05, 4.69) is 27.5 Å². The van der Waals surface area contributed by atoms with Gasteiger partial charge >= 0.3 is 0 Å². The molecule has 0 fully saturated rings. The molecule has 0 aliphatic heterocycles. The largest absolute Gasteiger partial charge is 0.340 e. The molecule has 122 valence electrons. The molecule has 2 aromatic carbocycles. The Balaban J connectivity index is 1.81. The summed E-state index contributed by atoms with van der Waals surface area (Å²) >= 11 is 0. The van der Waals surface area contributed by atoms with Gasteiger partial charge in [0, 0.05) is 17.8 Å². The Morgan fingerprint density at radius 3 is 2.29 bits per heavy atom. The van der Waals surface area contributed by atoms with Gasteiger partial charge in [-0.2, -0.15) is 0 Å². The first-order valence-electron chi connectivity index (χ1n) is 7.54. The number of aryl methyl sites for hydroxylation is 1. The number of hydrogen-bond donors (Lipinski definition) is 2. The number of nitrogens with zero attached hydrogens (tertiary/aromatic N) is 2. The smallest absolute Gasteiger partial charge is 0.149 e. The average molecular weight is 326 g/mol. The Hall–Kier alpha value is -3.02. The van der Waals surface area contributed by atoms with E-state index in [4.69, 9.17) is 0 Å². The number of halogens is 2. The lowest BCUT2D eigenvalue weighted by Crippen LogP contribution is -2.01. The van der Waals surface area contributed by atoms with Crippen molar-refractivity contribution in [3.63, 3.8) is 0 Å². The van der Waals surface area contributed by atoms with Crippen molar-refractivity contribution < 1.29 is 8.78 Å². The van der Waals surface area contributed by atoms with E-state index in [1.807, 2.05) is 24.3 Å². The van der Waals surface area contributed by atoms with Crippen LogP contribution in [0.3, 0.4) is 0 Å². The second kappa shape index (κ2) is 7.04. The number of aromatic nitrogens is 2. The zero-order chi connectivity index (χ0) is 16.9. The van der Waals surface area contributed by atoms with Gasteiger partial charge in [0.15, 0.2) is 0 Å². The van der Waals surface area contributed by atoms with Crippen LogP contribution in [0.1, 0.15) is 12.5 Å². The standard InChI is InChI=1S/C18H16F2N4/c1-2-12-5-3-4-6-15(12)23-17-10-18(22-11-21-17)24-16-8-7-13(19)9-14(16)20/h3-11H,2H2,1H3,(H2,21,22,23,24). The molecule has 4 nitrogen and oxygen atoms in total. The lowest BCUT2D eigenvalue weighted by molar-refractivity contribution is 0.586. The molecule has 3 rings (SSSR count). The van der Waals surface area contributed by atoms with E-state index < -0.39 is 11.6 Å². The number of benzene rings is 2.